The van der Waals surface area contributed by atoms with Crippen LogP contribution in [0.3, 0.4) is 0 Å². The second-order valence-electron chi connectivity index (χ2n) is 5.96. The van der Waals surface area contributed by atoms with Crippen molar-refractivity contribution in [2.45, 2.75) is 6.61 Å². The Labute approximate surface area is 153 Å². The van der Waals surface area contributed by atoms with Gasteiger partial charge in [0.1, 0.15) is 18.2 Å². The number of halogens is 2. The zero-order chi connectivity index (χ0) is 18.8. The van der Waals surface area contributed by atoms with E-state index in [4.69, 9.17) is 4.74 Å². The van der Waals surface area contributed by atoms with Gasteiger partial charge in [0, 0.05) is 17.2 Å². The molecule has 0 bridgehead atoms. The number of rotatable bonds is 4. The molecule has 0 atom stereocenters. The molecule has 27 heavy (non-hydrogen) atoms. The normalized spacial score (nSPS) is 10.9. The molecule has 0 aliphatic carbocycles. The molecular formula is C21H14F2N2O2. The monoisotopic (exact) mass is 364 g/mol. The number of H-pyrrole nitrogens is 1. The predicted molar refractivity (Wildman–Crippen MR) is 98.5 cm³/mol. The fourth-order valence-corrected chi connectivity index (χ4v) is 2.82. The van der Waals surface area contributed by atoms with Crippen molar-refractivity contribution in [1.29, 1.82) is 0 Å². The van der Waals surface area contributed by atoms with Gasteiger partial charge in [0.25, 0.3) is 5.56 Å². The molecule has 0 radical (unpaired) electrons. The summed E-state index contributed by atoms with van der Waals surface area (Å²) in [5, 5.41) is -0.00401. The minimum Gasteiger partial charge on any atom is -0.489 e. The topological polar surface area (TPSA) is 55.0 Å². The summed E-state index contributed by atoms with van der Waals surface area (Å²) in [6.45, 7) is 0.264. The molecule has 1 N–H and O–H groups in total. The maximum absolute atomic E-state index is 13.6. The average molecular weight is 364 g/mol. The van der Waals surface area contributed by atoms with Crippen LogP contribution >= 0.6 is 0 Å². The molecule has 0 aliphatic heterocycles. The summed E-state index contributed by atoms with van der Waals surface area (Å²) < 4.78 is 32.7. The Morgan fingerprint density at radius 2 is 1.63 bits per heavy atom. The van der Waals surface area contributed by atoms with E-state index in [0.29, 0.717) is 11.3 Å². The van der Waals surface area contributed by atoms with Crippen molar-refractivity contribution in [2.75, 3.05) is 0 Å². The number of hydrogen-bond acceptors (Lipinski definition) is 3. The van der Waals surface area contributed by atoms with Gasteiger partial charge in [-0.15, -0.1) is 0 Å². The second-order valence-corrected chi connectivity index (χ2v) is 5.96. The number of para-hydroxylation sites is 1. The van der Waals surface area contributed by atoms with Crippen LogP contribution in [-0.4, -0.2) is 9.97 Å². The van der Waals surface area contributed by atoms with Gasteiger partial charge in [0.05, 0.1) is 10.9 Å². The van der Waals surface area contributed by atoms with E-state index >= 15 is 0 Å². The molecule has 0 amide bonds. The molecule has 0 saturated carbocycles. The minimum atomic E-state index is -1.08. The van der Waals surface area contributed by atoms with Crippen LogP contribution in [0, 0.1) is 11.6 Å². The van der Waals surface area contributed by atoms with E-state index in [1.54, 1.807) is 12.1 Å². The number of nitrogens with zero attached hydrogens (tertiary/aromatic N) is 1. The molecule has 0 unspecified atom stereocenters. The van der Waals surface area contributed by atoms with Gasteiger partial charge in [0.15, 0.2) is 11.6 Å². The van der Waals surface area contributed by atoms with Gasteiger partial charge >= 0.3 is 0 Å². The van der Waals surface area contributed by atoms with Gasteiger partial charge in [-0.1, -0.05) is 42.5 Å². The molecule has 4 nitrogen and oxygen atoms in total. The lowest BCUT2D eigenvalue weighted by Gasteiger charge is -2.11. The zero-order valence-electron chi connectivity index (χ0n) is 14.1. The molecule has 134 valence electrons. The lowest BCUT2D eigenvalue weighted by atomic mass is 10.1. The van der Waals surface area contributed by atoms with Crippen LogP contribution in [0.2, 0.25) is 0 Å². The molecule has 3 aromatic carbocycles. The van der Waals surface area contributed by atoms with Crippen LogP contribution in [0.5, 0.6) is 5.75 Å². The van der Waals surface area contributed by atoms with Crippen LogP contribution < -0.4 is 10.3 Å². The van der Waals surface area contributed by atoms with E-state index in [-0.39, 0.29) is 23.3 Å². The van der Waals surface area contributed by atoms with Crippen LogP contribution in [0.15, 0.2) is 71.5 Å². The average Bonchev–Trinajstić information content (AvgIpc) is 2.69. The summed E-state index contributed by atoms with van der Waals surface area (Å²) in [7, 11) is 0. The highest BCUT2D eigenvalue weighted by molar-refractivity contribution is 5.80. The quantitative estimate of drug-likeness (QED) is 0.582. The zero-order valence-corrected chi connectivity index (χ0v) is 14.1. The van der Waals surface area contributed by atoms with Gasteiger partial charge < -0.3 is 9.72 Å². The van der Waals surface area contributed by atoms with Crippen LogP contribution in [0.4, 0.5) is 8.78 Å². The molecule has 1 heterocycles. The van der Waals surface area contributed by atoms with Crippen LogP contribution in [-0.2, 0) is 6.61 Å². The highest BCUT2D eigenvalue weighted by Crippen LogP contribution is 2.23. The van der Waals surface area contributed by atoms with Gasteiger partial charge in [-0.05, 0) is 18.2 Å². The third kappa shape index (κ3) is 3.42. The fraction of sp³-hybridized carbons (Fsp3) is 0.0476. The molecule has 0 saturated heterocycles. The third-order valence-electron chi connectivity index (χ3n) is 4.16. The Hall–Kier alpha value is -3.54. The third-order valence-corrected chi connectivity index (χ3v) is 4.16. The van der Waals surface area contributed by atoms with Gasteiger partial charge in [-0.25, -0.2) is 13.8 Å². The van der Waals surface area contributed by atoms with Crippen molar-refractivity contribution < 1.29 is 13.5 Å². The summed E-state index contributed by atoms with van der Waals surface area (Å²) in [6, 6.07) is 18.4. The smallest absolute Gasteiger partial charge is 0.259 e. The van der Waals surface area contributed by atoms with Crippen molar-refractivity contribution >= 4 is 10.9 Å². The number of ether oxygens (including phenoxy) is 1. The Bertz CT molecular complexity index is 1170. The maximum atomic E-state index is 13.6. The van der Waals surface area contributed by atoms with Crippen molar-refractivity contribution in [3.05, 3.63) is 94.3 Å². The number of hydrogen-bond donors (Lipinski definition) is 1. The summed E-state index contributed by atoms with van der Waals surface area (Å²) >= 11 is 0. The lowest BCUT2D eigenvalue weighted by molar-refractivity contribution is 0.306. The van der Waals surface area contributed by atoms with Crippen molar-refractivity contribution in [3.63, 3.8) is 0 Å². The number of nitrogens with one attached hydrogen (secondary N) is 1. The van der Waals surface area contributed by atoms with E-state index in [2.05, 4.69) is 9.97 Å². The molecule has 6 heteroatoms. The highest BCUT2D eigenvalue weighted by Gasteiger charge is 2.13. The minimum absolute atomic E-state index is 0.00401. The van der Waals surface area contributed by atoms with Crippen molar-refractivity contribution in [3.8, 4) is 17.1 Å². The highest BCUT2D eigenvalue weighted by atomic mass is 19.2. The van der Waals surface area contributed by atoms with E-state index in [9.17, 15) is 13.6 Å². The predicted octanol–water partition coefficient (Wildman–Crippen LogP) is 4.45. The summed E-state index contributed by atoms with van der Waals surface area (Å²) in [6.07, 6.45) is 0. The first-order valence-electron chi connectivity index (χ1n) is 8.27. The molecule has 0 aliphatic rings. The van der Waals surface area contributed by atoms with Crippen molar-refractivity contribution in [2.24, 2.45) is 0 Å². The van der Waals surface area contributed by atoms with Crippen LogP contribution in [0.25, 0.3) is 22.3 Å². The Kier molecular flexibility index (Phi) is 4.38. The SMILES string of the molecule is O=c1[nH]c(-c2ccccc2COc2ccccc2)nc2cc(F)c(F)cc12. The Morgan fingerprint density at radius 1 is 0.926 bits per heavy atom. The van der Waals surface area contributed by atoms with E-state index in [1.807, 2.05) is 42.5 Å². The first-order valence-corrected chi connectivity index (χ1v) is 8.27. The Morgan fingerprint density at radius 3 is 2.44 bits per heavy atom. The number of aromatic nitrogens is 2. The standard InChI is InChI=1S/C21H14F2N2O2/c22-17-10-16-19(11-18(17)23)24-20(25-21(16)26)15-9-5-4-6-13(15)12-27-14-7-2-1-3-8-14/h1-11H,12H2,(H,24,25,26). The first kappa shape index (κ1) is 16.9. The number of aromatic amines is 1. The summed E-state index contributed by atoms with van der Waals surface area (Å²) in [5.41, 5.74) is 1.00. The van der Waals surface area contributed by atoms with E-state index in [0.717, 1.165) is 17.7 Å². The Balaban J connectivity index is 1.75. The summed E-state index contributed by atoms with van der Waals surface area (Å²) in [5.74, 6) is -1.15. The molecule has 0 spiro atoms. The molecule has 4 rings (SSSR count). The fourth-order valence-electron chi connectivity index (χ4n) is 2.82. The molecule has 1 aromatic heterocycles. The van der Waals surface area contributed by atoms with Crippen LogP contribution in [0.1, 0.15) is 5.56 Å². The molecule has 4 aromatic rings. The van der Waals surface area contributed by atoms with Gasteiger partial charge in [-0.2, -0.15) is 0 Å². The number of fused-ring (bicyclic) bond motifs is 1. The summed E-state index contributed by atoms with van der Waals surface area (Å²) in [4.78, 5) is 19.3. The van der Waals surface area contributed by atoms with Gasteiger partial charge in [0.2, 0.25) is 0 Å². The lowest BCUT2D eigenvalue weighted by Crippen LogP contribution is -2.11. The second kappa shape index (κ2) is 6.99. The maximum Gasteiger partial charge on any atom is 0.259 e. The van der Waals surface area contributed by atoms with Crippen molar-refractivity contribution in [1.82, 2.24) is 9.97 Å². The first-order chi connectivity index (χ1) is 13.1. The van der Waals surface area contributed by atoms with E-state index < -0.39 is 17.2 Å². The molecule has 0 fully saturated rings. The molecular weight excluding hydrogens is 350 g/mol. The largest absolute Gasteiger partial charge is 0.489 e. The van der Waals surface area contributed by atoms with Gasteiger partial charge in [-0.3, -0.25) is 4.79 Å². The number of benzene rings is 3. The van der Waals surface area contributed by atoms with E-state index in [1.165, 1.54) is 0 Å².